The number of aliphatic hydroxyl groups excluding tert-OH is 1. The van der Waals surface area contributed by atoms with Crippen molar-refractivity contribution in [2.75, 3.05) is 16.8 Å². The minimum atomic E-state index is -4.65. The second kappa shape index (κ2) is 12.5. The maximum atomic E-state index is 14.4. The van der Waals surface area contributed by atoms with Crippen molar-refractivity contribution >= 4 is 17.5 Å². The van der Waals surface area contributed by atoms with Crippen LogP contribution in [0, 0.1) is 18.3 Å². The summed E-state index contributed by atoms with van der Waals surface area (Å²) in [5, 5.41) is 33.8. The molecule has 1 fully saturated rings. The van der Waals surface area contributed by atoms with Gasteiger partial charge in [0.2, 0.25) is 0 Å². The number of aryl methyl sites for hydroxylation is 2. The lowest BCUT2D eigenvalue weighted by Gasteiger charge is -2.26. The Balaban J connectivity index is 1.42. The third-order valence-corrected chi connectivity index (χ3v) is 8.48. The number of anilines is 2. The van der Waals surface area contributed by atoms with E-state index in [1.54, 1.807) is 29.1 Å². The third-order valence-electron chi connectivity index (χ3n) is 8.48. The van der Waals surface area contributed by atoms with Gasteiger partial charge in [-0.25, -0.2) is 4.98 Å². The topological polar surface area (TPSA) is 132 Å². The fourth-order valence-corrected chi connectivity index (χ4v) is 5.80. The van der Waals surface area contributed by atoms with E-state index in [9.17, 15) is 23.1 Å². The lowest BCUT2D eigenvalue weighted by molar-refractivity contribution is -0.138. The zero-order valence-corrected chi connectivity index (χ0v) is 25.4. The summed E-state index contributed by atoms with van der Waals surface area (Å²) in [6, 6.07) is 14.1. The monoisotopic (exact) mass is 630 g/mol. The molecule has 0 radical (unpaired) electrons. The summed E-state index contributed by atoms with van der Waals surface area (Å²) in [5.41, 5.74) is 2.53. The Kier molecular flexibility index (Phi) is 8.50. The molecule has 2 aromatic carbocycles. The van der Waals surface area contributed by atoms with Crippen molar-refractivity contribution < 1.29 is 23.1 Å². The number of benzene rings is 2. The highest BCUT2D eigenvalue weighted by Gasteiger charge is 2.41. The summed E-state index contributed by atoms with van der Waals surface area (Å²) in [7, 11) is 1.81. The Hall–Kier alpha value is -4.80. The van der Waals surface area contributed by atoms with Crippen LogP contribution in [-0.4, -0.2) is 49.5 Å². The van der Waals surface area contributed by atoms with Crippen molar-refractivity contribution in [3.05, 3.63) is 76.6 Å². The summed E-state index contributed by atoms with van der Waals surface area (Å²) in [5.74, 6) is 0.433. The normalized spacial score (nSPS) is 15.4. The number of aromatic nitrogens is 4. The van der Waals surface area contributed by atoms with E-state index < -0.39 is 23.8 Å². The van der Waals surface area contributed by atoms with E-state index in [1.165, 1.54) is 4.90 Å². The van der Waals surface area contributed by atoms with E-state index in [-0.39, 0.29) is 54.9 Å². The van der Waals surface area contributed by atoms with Crippen molar-refractivity contribution in [2.24, 2.45) is 7.05 Å². The van der Waals surface area contributed by atoms with Crippen LogP contribution < -0.4 is 15.5 Å². The van der Waals surface area contributed by atoms with Crippen LogP contribution in [0.2, 0.25) is 0 Å². The molecule has 13 heteroatoms. The van der Waals surface area contributed by atoms with Gasteiger partial charge < -0.3 is 20.3 Å². The van der Waals surface area contributed by atoms with E-state index in [4.69, 9.17) is 5.26 Å². The fourth-order valence-electron chi connectivity index (χ4n) is 5.80. The predicted molar refractivity (Wildman–Crippen MR) is 166 cm³/mol. The van der Waals surface area contributed by atoms with Crippen molar-refractivity contribution in [1.29, 1.82) is 5.26 Å². The van der Waals surface area contributed by atoms with Gasteiger partial charge in [0.1, 0.15) is 18.0 Å². The summed E-state index contributed by atoms with van der Waals surface area (Å²) < 4.78 is 44.8. The van der Waals surface area contributed by atoms with Gasteiger partial charge in [0.05, 0.1) is 30.7 Å². The van der Waals surface area contributed by atoms with Gasteiger partial charge in [0.25, 0.3) is 5.91 Å². The predicted octanol–water partition coefficient (Wildman–Crippen LogP) is 5.36. The molecule has 0 bridgehead atoms. The van der Waals surface area contributed by atoms with Crippen LogP contribution in [0.3, 0.4) is 0 Å². The molecule has 0 saturated heterocycles. The van der Waals surface area contributed by atoms with Gasteiger partial charge in [-0.1, -0.05) is 30.2 Å². The number of alkyl halides is 3. The summed E-state index contributed by atoms with van der Waals surface area (Å²) in [6.07, 6.45) is -1.11. The van der Waals surface area contributed by atoms with Crippen molar-refractivity contribution in [3.8, 4) is 28.6 Å². The Labute approximate surface area is 263 Å². The number of nitrogens with one attached hydrogen (secondary N) is 2. The van der Waals surface area contributed by atoms with E-state index in [0.717, 1.165) is 42.0 Å². The highest BCUT2D eigenvalue weighted by Crippen LogP contribution is 2.41. The largest absolute Gasteiger partial charge is 0.416 e. The first-order valence-electron chi connectivity index (χ1n) is 15.1. The summed E-state index contributed by atoms with van der Waals surface area (Å²) in [6.45, 7) is 1.85. The van der Waals surface area contributed by atoms with Crippen LogP contribution in [0.25, 0.3) is 22.5 Å². The Morgan fingerprint density at radius 1 is 1.13 bits per heavy atom. The number of pyridine rings is 1. The third kappa shape index (κ3) is 6.31. The van der Waals surface area contributed by atoms with Gasteiger partial charge in [-0.2, -0.15) is 18.4 Å². The molecule has 238 valence electrons. The molecule has 1 aliphatic carbocycles. The number of nitriles is 1. The van der Waals surface area contributed by atoms with Crippen molar-refractivity contribution in [1.82, 2.24) is 25.1 Å². The second-order valence-corrected chi connectivity index (χ2v) is 11.9. The van der Waals surface area contributed by atoms with Crippen LogP contribution in [0.15, 0.2) is 48.8 Å². The molecule has 10 nitrogen and oxygen atoms in total. The number of aliphatic hydroxyl groups is 1. The Morgan fingerprint density at radius 2 is 1.93 bits per heavy atom. The summed E-state index contributed by atoms with van der Waals surface area (Å²) in [4.78, 5) is 19.7. The molecular weight excluding hydrogens is 597 g/mol. The quantitative estimate of drug-likeness (QED) is 0.214. The minimum Gasteiger partial charge on any atom is -0.390 e. The van der Waals surface area contributed by atoms with Crippen LogP contribution in [0.5, 0.6) is 0 Å². The number of halogens is 3. The van der Waals surface area contributed by atoms with Gasteiger partial charge in [-0.15, -0.1) is 10.2 Å². The van der Waals surface area contributed by atoms with Crippen LogP contribution in [-0.2, 0) is 26.3 Å². The molecule has 3 heterocycles. The maximum Gasteiger partial charge on any atom is 0.416 e. The smallest absolute Gasteiger partial charge is 0.390 e. The van der Waals surface area contributed by atoms with Gasteiger partial charge in [0.15, 0.2) is 5.82 Å². The number of rotatable bonds is 10. The molecule has 4 aromatic rings. The molecule has 0 spiro atoms. The molecule has 1 aliphatic heterocycles. The molecule has 0 unspecified atom stereocenters. The number of fused-ring (bicyclic) bond motifs is 1. The highest BCUT2D eigenvalue weighted by molar-refractivity contribution is 6.10. The summed E-state index contributed by atoms with van der Waals surface area (Å²) >= 11 is 0. The number of amides is 1. The molecule has 2 aliphatic rings. The van der Waals surface area contributed by atoms with E-state index in [1.807, 2.05) is 38.2 Å². The first kappa shape index (κ1) is 31.2. The molecule has 46 heavy (non-hydrogen) atoms. The lowest BCUT2D eigenvalue weighted by atomic mass is 9.92. The minimum absolute atomic E-state index is 0.00159. The van der Waals surface area contributed by atoms with Crippen LogP contribution in [0.1, 0.15) is 58.3 Å². The average molecular weight is 631 g/mol. The highest BCUT2D eigenvalue weighted by atomic mass is 19.4. The molecular formula is C33H33F3N8O2. The first-order valence-corrected chi connectivity index (χ1v) is 15.1. The fraction of sp³-hybridized carbons (Fsp3) is 0.364. The van der Waals surface area contributed by atoms with Gasteiger partial charge >= 0.3 is 6.18 Å². The van der Waals surface area contributed by atoms with Crippen LogP contribution in [0.4, 0.5) is 24.8 Å². The van der Waals surface area contributed by atoms with Crippen molar-refractivity contribution in [2.45, 2.75) is 64.0 Å². The molecule has 1 atom stereocenters. The van der Waals surface area contributed by atoms with Gasteiger partial charge in [0, 0.05) is 37.3 Å². The maximum absolute atomic E-state index is 14.4. The Morgan fingerprint density at radius 3 is 2.61 bits per heavy atom. The number of hydrogen-bond acceptors (Lipinski definition) is 8. The zero-order chi connectivity index (χ0) is 32.6. The van der Waals surface area contributed by atoms with E-state index in [2.05, 4.69) is 25.8 Å². The molecule has 1 saturated carbocycles. The molecule has 6 rings (SSSR count). The molecule has 1 amide bonds. The average Bonchev–Trinajstić information content (AvgIpc) is 3.57. The Bertz CT molecular complexity index is 1830. The van der Waals surface area contributed by atoms with E-state index in [0.29, 0.717) is 17.0 Å². The second-order valence-electron chi connectivity index (χ2n) is 11.9. The standard InChI is InChI=1S/C33H33F3N8O2/c1-19-6-7-24(31-42-40-18-43(31)2)25(10-19)21-13-29(39-16-23(45)8-9-37)41-30(14-21)44-17-27-26(32(44)46)11-20(12-28(27)33(34,35)36)15-38-22-4-3-5-22/h6-7,10-14,18,22-23,38,45H,3-5,8,15-17H2,1-2H3,(H,39,41)/t23-/m0/s1. The lowest BCUT2D eigenvalue weighted by Crippen LogP contribution is -2.34. The number of hydrogen-bond donors (Lipinski definition) is 3. The number of nitrogens with zero attached hydrogens (tertiary/aromatic N) is 6. The van der Waals surface area contributed by atoms with Crippen LogP contribution >= 0.6 is 0 Å². The number of carbonyl (C=O) groups is 1. The molecule has 2 aromatic heterocycles. The van der Waals surface area contributed by atoms with Gasteiger partial charge in [-0.3, -0.25) is 9.69 Å². The van der Waals surface area contributed by atoms with Crippen molar-refractivity contribution in [3.63, 3.8) is 0 Å². The van der Waals surface area contributed by atoms with Gasteiger partial charge in [-0.05, 0) is 66.3 Å². The number of carbonyl (C=O) groups excluding carboxylic acids is 1. The molecule has 3 N–H and O–H groups in total. The SMILES string of the molecule is Cc1ccc(-c2nncn2C)c(-c2cc(NC[C@@H](O)CC#N)nc(N3Cc4c(cc(CNC5CCC5)cc4C(F)(F)F)C3=O)c2)c1. The van der Waals surface area contributed by atoms with E-state index >= 15 is 0 Å². The first-order chi connectivity index (χ1) is 22.0. The zero-order valence-electron chi connectivity index (χ0n) is 25.4.